The first-order valence-electron chi connectivity index (χ1n) is 3.85. The van der Waals surface area contributed by atoms with Gasteiger partial charge in [-0.25, -0.2) is 0 Å². The van der Waals surface area contributed by atoms with E-state index in [2.05, 4.69) is 4.98 Å². The van der Waals surface area contributed by atoms with E-state index in [-0.39, 0.29) is 5.95 Å². The number of diazo groups is 1. The summed E-state index contributed by atoms with van der Waals surface area (Å²) in [6.45, 7) is 8.00. The molecule has 0 aromatic heterocycles. The van der Waals surface area contributed by atoms with Gasteiger partial charge in [0.1, 0.15) is 0 Å². The van der Waals surface area contributed by atoms with E-state index in [9.17, 15) is 5.11 Å². The molecule has 4 nitrogen and oxygen atoms in total. The molecule has 12 heavy (non-hydrogen) atoms. The monoisotopic (exact) mass is 187 g/mol. The molecule has 0 aliphatic carbocycles. The second kappa shape index (κ2) is 4.12. The molecule has 68 valence electrons. The molecule has 1 N–H and O–H groups in total. The molecule has 0 spiro atoms. The zero-order valence-electron chi connectivity index (χ0n) is 7.96. The van der Waals surface area contributed by atoms with E-state index < -0.39 is 8.07 Å². The van der Waals surface area contributed by atoms with Gasteiger partial charge in [0, 0.05) is 0 Å². The number of hydrogen-bond acceptors (Lipinski definition) is 3. The number of hydrogen-bond donors (Lipinski definition) is 1. The van der Waals surface area contributed by atoms with Gasteiger partial charge in [-0.05, 0) is 6.92 Å². The normalized spacial score (nSPS) is 13.2. The third-order valence-electron chi connectivity index (χ3n) is 1.29. The predicted octanol–water partition coefficient (Wildman–Crippen LogP) is 2.48. The molecule has 0 atom stereocenters. The Kier molecular flexibility index (Phi) is 3.76. The summed E-state index contributed by atoms with van der Waals surface area (Å²) in [7, 11) is -1.80. The molecule has 5 heteroatoms. The van der Waals surface area contributed by atoms with Crippen LogP contribution in [0, 0.1) is 5.39 Å². The van der Waals surface area contributed by atoms with Crippen molar-refractivity contribution in [1.29, 1.82) is 5.39 Å². The summed E-state index contributed by atoms with van der Waals surface area (Å²) < 4.78 is 4.84. The highest BCUT2D eigenvalue weighted by Crippen LogP contribution is 2.19. The van der Waals surface area contributed by atoms with E-state index in [1.807, 2.05) is 19.6 Å². The van der Waals surface area contributed by atoms with Crippen molar-refractivity contribution in [3.63, 3.8) is 0 Å². The molecule has 0 aromatic carbocycles. The largest absolute Gasteiger partial charge is 0.476 e. The fourth-order valence-corrected chi connectivity index (χ4v) is 1.73. The maximum Gasteiger partial charge on any atom is 0.403 e. The molecule has 0 aliphatic rings. The first-order chi connectivity index (χ1) is 5.43. The summed E-state index contributed by atoms with van der Waals surface area (Å²) in [5, 5.41) is 18.2. The van der Waals surface area contributed by atoms with Crippen LogP contribution in [0.25, 0.3) is 4.98 Å². The van der Waals surface area contributed by atoms with Gasteiger partial charge in [0.25, 0.3) is 0 Å². The Labute approximate surface area is 73.5 Å². The number of aliphatic hydroxyl groups excluding tert-OH is 1. The molecule has 0 bridgehead atoms. The van der Waals surface area contributed by atoms with E-state index in [1.165, 1.54) is 0 Å². The topological polar surface area (TPSA) is 57.6 Å². The van der Waals surface area contributed by atoms with Crippen LogP contribution in [0.3, 0.4) is 0 Å². The molecular formula is C7H15N2O2Si+. The average molecular weight is 187 g/mol. The lowest BCUT2D eigenvalue weighted by atomic mass is 10.8. The van der Waals surface area contributed by atoms with Gasteiger partial charge in [-0.1, -0.05) is 19.6 Å². The second-order valence-corrected chi connectivity index (χ2v) is 8.41. The number of aliphatic hydroxyl groups is 1. The predicted molar refractivity (Wildman–Crippen MR) is 49.7 cm³/mol. The lowest BCUT2D eigenvalue weighted by molar-refractivity contribution is 0.101. The van der Waals surface area contributed by atoms with Crippen molar-refractivity contribution >= 4 is 8.07 Å². The van der Waals surface area contributed by atoms with Gasteiger partial charge >= 0.3 is 11.3 Å². The van der Waals surface area contributed by atoms with Crippen LogP contribution in [0.2, 0.25) is 19.6 Å². The molecule has 0 amide bonds. The van der Waals surface area contributed by atoms with E-state index in [0.717, 1.165) is 0 Å². The smallest absolute Gasteiger partial charge is 0.403 e. The molecule has 0 aromatic rings. The van der Waals surface area contributed by atoms with Crippen LogP contribution < -0.4 is 0 Å². The summed E-state index contributed by atoms with van der Waals surface area (Å²) in [5.74, 6) is -0.251. The van der Waals surface area contributed by atoms with Crippen LogP contribution in [0.1, 0.15) is 6.92 Å². The Hall–Kier alpha value is -1.02. The highest BCUT2D eigenvalue weighted by molar-refractivity contribution is 6.83. The Morgan fingerprint density at radius 2 is 2.00 bits per heavy atom. The standard InChI is InChI=1S/C7H14N2O2Si/c1-5-11-7(10)6(9-8)12(2,3)4/h5H2,1-4H3/p+1. The van der Waals surface area contributed by atoms with Gasteiger partial charge in [0.05, 0.1) is 6.61 Å². The first-order valence-corrected chi connectivity index (χ1v) is 7.35. The second-order valence-electron chi connectivity index (χ2n) is 3.44. The molecule has 0 saturated carbocycles. The van der Waals surface area contributed by atoms with E-state index in [1.54, 1.807) is 6.92 Å². The minimum Gasteiger partial charge on any atom is -0.476 e. The zero-order chi connectivity index (χ0) is 9.78. The molecule has 0 rings (SSSR count). The minimum atomic E-state index is -1.80. The number of nitrogens with zero attached hydrogens (tertiary/aromatic N) is 2. The molecule has 0 aliphatic heterocycles. The zero-order valence-corrected chi connectivity index (χ0v) is 8.96. The van der Waals surface area contributed by atoms with E-state index >= 15 is 0 Å². The summed E-state index contributed by atoms with van der Waals surface area (Å²) in [6.07, 6.45) is 0. The van der Waals surface area contributed by atoms with Crippen LogP contribution in [-0.4, -0.2) is 19.8 Å². The van der Waals surface area contributed by atoms with Gasteiger partial charge in [-0.2, -0.15) is 0 Å². The summed E-state index contributed by atoms with van der Waals surface area (Å²) in [6, 6.07) is 0. The van der Waals surface area contributed by atoms with Gasteiger partial charge in [0.2, 0.25) is 13.5 Å². The lowest BCUT2D eigenvalue weighted by Gasteiger charge is -2.05. The molecule has 0 saturated heterocycles. The SMILES string of the molecule is CCOC(O)=C([N+]#N)[Si](C)(C)C. The fraction of sp³-hybridized carbons (Fsp3) is 0.714. The Bertz CT molecular complexity index is 225. The number of rotatable bonds is 3. The van der Waals surface area contributed by atoms with Crippen molar-refractivity contribution < 1.29 is 9.84 Å². The van der Waals surface area contributed by atoms with E-state index in [4.69, 9.17) is 10.1 Å². The van der Waals surface area contributed by atoms with Gasteiger partial charge in [-0.15, -0.1) is 0 Å². The quantitative estimate of drug-likeness (QED) is 0.419. The molecule has 0 fully saturated rings. The highest BCUT2D eigenvalue weighted by Gasteiger charge is 2.38. The third kappa shape index (κ3) is 2.92. The third-order valence-corrected chi connectivity index (χ3v) is 3.03. The Morgan fingerprint density at radius 1 is 1.50 bits per heavy atom. The summed E-state index contributed by atoms with van der Waals surface area (Å²) in [5.41, 5.74) is 0. The summed E-state index contributed by atoms with van der Waals surface area (Å²) >= 11 is 0. The van der Waals surface area contributed by atoms with Gasteiger partial charge in [-0.3, -0.25) is 0 Å². The fourth-order valence-electron chi connectivity index (χ4n) is 0.719. The molecule has 0 heterocycles. The van der Waals surface area contributed by atoms with Crippen LogP contribution in [-0.2, 0) is 4.74 Å². The van der Waals surface area contributed by atoms with Gasteiger partial charge < -0.3 is 9.84 Å². The van der Waals surface area contributed by atoms with Gasteiger partial charge in [0.15, 0.2) is 4.98 Å². The van der Waals surface area contributed by atoms with Crippen molar-refractivity contribution in [3.8, 4) is 0 Å². The van der Waals surface area contributed by atoms with Crippen molar-refractivity contribution in [2.75, 3.05) is 6.61 Å². The van der Waals surface area contributed by atoms with Crippen LogP contribution in [0.15, 0.2) is 11.3 Å². The average Bonchev–Trinajstić information content (AvgIpc) is 1.85. The maximum absolute atomic E-state index is 9.28. The Morgan fingerprint density at radius 3 is 2.25 bits per heavy atom. The van der Waals surface area contributed by atoms with Crippen molar-refractivity contribution in [1.82, 2.24) is 0 Å². The summed E-state index contributed by atoms with van der Waals surface area (Å²) in [4.78, 5) is 3.04. The van der Waals surface area contributed by atoms with Crippen LogP contribution >= 0.6 is 0 Å². The minimum absolute atomic E-state index is 0.251. The molecular weight excluding hydrogens is 172 g/mol. The van der Waals surface area contributed by atoms with Crippen molar-refractivity contribution in [3.05, 3.63) is 16.2 Å². The molecule has 0 radical (unpaired) electrons. The van der Waals surface area contributed by atoms with Crippen LogP contribution in [0.5, 0.6) is 0 Å². The lowest BCUT2D eigenvalue weighted by Crippen LogP contribution is -2.24. The highest BCUT2D eigenvalue weighted by atomic mass is 28.3. The Balaban J connectivity index is 4.78. The van der Waals surface area contributed by atoms with Crippen molar-refractivity contribution in [2.45, 2.75) is 26.6 Å². The van der Waals surface area contributed by atoms with E-state index in [0.29, 0.717) is 11.9 Å². The molecule has 0 unspecified atom stereocenters. The first kappa shape index (κ1) is 11.0. The van der Waals surface area contributed by atoms with Crippen molar-refractivity contribution in [2.24, 2.45) is 0 Å². The number of ether oxygens (including phenoxy) is 1. The van der Waals surface area contributed by atoms with Crippen LogP contribution in [0.4, 0.5) is 0 Å². The maximum atomic E-state index is 9.28.